The molecule has 4 nitrogen and oxygen atoms in total. The molecule has 24 heavy (non-hydrogen) atoms. The second-order valence-electron chi connectivity index (χ2n) is 5.79. The van der Waals surface area contributed by atoms with Crippen molar-refractivity contribution >= 4 is 39.9 Å². The molecule has 0 saturated carbocycles. The highest BCUT2D eigenvalue weighted by molar-refractivity contribution is 14.1. The van der Waals surface area contributed by atoms with Crippen LogP contribution in [-0.2, 0) is 4.79 Å². The fourth-order valence-corrected chi connectivity index (χ4v) is 3.11. The maximum absolute atomic E-state index is 13.0. The standard InChI is InChI=1S/C18H19FIN3O/c19-14-1-7-17(8-2-14)23-11-9-22(10-12-23)13-18(24)21-16-5-3-15(20)4-6-16/h1-8H,9-13H2,(H,21,24). The lowest BCUT2D eigenvalue weighted by atomic mass is 10.2. The highest BCUT2D eigenvalue weighted by atomic mass is 127. The third-order valence-electron chi connectivity index (χ3n) is 4.06. The van der Waals surface area contributed by atoms with E-state index in [9.17, 15) is 9.18 Å². The number of hydrogen-bond acceptors (Lipinski definition) is 3. The summed E-state index contributed by atoms with van der Waals surface area (Å²) >= 11 is 2.24. The maximum atomic E-state index is 13.0. The monoisotopic (exact) mass is 439 g/mol. The minimum atomic E-state index is -0.218. The van der Waals surface area contributed by atoms with Gasteiger partial charge in [-0.1, -0.05) is 0 Å². The minimum absolute atomic E-state index is 0.00596. The van der Waals surface area contributed by atoms with Crippen LogP contribution in [-0.4, -0.2) is 43.5 Å². The molecule has 126 valence electrons. The smallest absolute Gasteiger partial charge is 0.238 e. The van der Waals surface area contributed by atoms with Crippen molar-refractivity contribution in [3.63, 3.8) is 0 Å². The van der Waals surface area contributed by atoms with Crippen LogP contribution in [0.1, 0.15) is 0 Å². The average Bonchev–Trinajstić information content (AvgIpc) is 2.58. The van der Waals surface area contributed by atoms with Crippen LogP contribution in [0.5, 0.6) is 0 Å². The van der Waals surface area contributed by atoms with Gasteiger partial charge < -0.3 is 10.2 Å². The molecular weight excluding hydrogens is 420 g/mol. The van der Waals surface area contributed by atoms with E-state index in [4.69, 9.17) is 0 Å². The Morgan fingerprint density at radius 1 is 1.00 bits per heavy atom. The van der Waals surface area contributed by atoms with Gasteiger partial charge in [-0.25, -0.2) is 4.39 Å². The summed E-state index contributed by atoms with van der Waals surface area (Å²) in [6.07, 6.45) is 0. The van der Waals surface area contributed by atoms with Crippen LogP contribution in [0.3, 0.4) is 0 Å². The molecule has 2 aromatic carbocycles. The summed E-state index contributed by atoms with van der Waals surface area (Å²) in [4.78, 5) is 16.5. The molecule has 0 aromatic heterocycles. The van der Waals surface area contributed by atoms with E-state index in [2.05, 4.69) is 37.7 Å². The number of nitrogens with one attached hydrogen (secondary N) is 1. The zero-order valence-electron chi connectivity index (χ0n) is 13.2. The van der Waals surface area contributed by atoms with Gasteiger partial charge in [0.1, 0.15) is 5.82 Å². The molecule has 1 aliphatic heterocycles. The lowest BCUT2D eigenvalue weighted by molar-refractivity contribution is -0.117. The van der Waals surface area contributed by atoms with Gasteiger partial charge in [0.05, 0.1) is 6.54 Å². The van der Waals surface area contributed by atoms with Crippen molar-refractivity contribution in [2.24, 2.45) is 0 Å². The SMILES string of the molecule is O=C(CN1CCN(c2ccc(F)cc2)CC1)Nc1ccc(I)cc1. The first-order chi connectivity index (χ1) is 11.6. The first-order valence-electron chi connectivity index (χ1n) is 7.88. The van der Waals surface area contributed by atoms with Crippen molar-refractivity contribution in [1.29, 1.82) is 0 Å². The van der Waals surface area contributed by atoms with E-state index in [1.54, 1.807) is 12.1 Å². The summed E-state index contributed by atoms with van der Waals surface area (Å²) in [5.74, 6) is -0.212. The van der Waals surface area contributed by atoms with Gasteiger partial charge in [0, 0.05) is 41.1 Å². The van der Waals surface area contributed by atoms with Gasteiger partial charge in [0.25, 0.3) is 0 Å². The van der Waals surface area contributed by atoms with Crippen LogP contribution in [0.15, 0.2) is 48.5 Å². The van der Waals surface area contributed by atoms with Crippen molar-refractivity contribution in [1.82, 2.24) is 4.90 Å². The molecule has 0 aliphatic carbocycles. The van der Waals surface area contributed by atoms with E-state index >= 15 is 0 Å². The zero-order chi connectivity index (χ0) is 16.9. The molecule has 1 N–H and O–H groups in total. The number of piperazine rings is 1. The molecule has 0 bridgehead atoms. The summed E-state index contributed by atoms with van der Waals surface area (Å²) in [5.41, 5.74) is 1.85. The summed E-state index contributed by atoms with van der Waals surface area (Å²) in [7, 11) is 0. The number of nitrogens with zero attached hydrogens (tertiary/aromatic N) is 2. The van der Waals surface area contributed by atoms with Gasteiger partial charge in [0.15, 0.2) is 0 Å². The van der Waals surface area contributed by atoms with Crippen LogP contribution in [0.25, 0.3) is 0 Å². The highest BCUT2D eigenvalue weighted by Gasteiger charge is 2.19. The number of amides is 1. The Hall–Kier alpha value is -1.67. The van der Waals surface area contributed by atoms with Gasteiger partial charge in [-0.2, -0.15) is 0 Å². The van der Waals surface area contributed by atoms with Crippen LogP contribution in [0.2, 0.25) is 0 Å². The number of rotatable bonds is 4. The summed E-state index contributed by atoms with van der Waals surface area (Å²) < 4.78 is 14.1. The Kier molecular flexibility index (Phi) is 5.68. The average molecular weight is 439 g/mol. The molecule has 1 fully saturated rings. The van der Waals surface area contributed by atoms with Crippen molar-refractivity contribution < 1.29 is 9.18 Å². The lowest BCUT2D eigenvalue weighted by Crippen LogP contribution is -2.48. The normalized spacial score (nSPS) is 15.3. The summed E-state index contributed by atoms with van der Waals surface area (Å²) in [5, 5.41) is 2.93. The topological polar surface area (TPSA) is 35.6 Å². The third-order valence-corrected chi connectivity index (χ3v) is 4.78. The fourth-order valence-electron chi connectivity index (χ4n) is 2.75. The van der Waals surface area contributed by atoms with Crippen LogP contribution in [0, 0.1) is 9.39 Å². The quantitative estimate of drug-likeness (QED) is 0.744. The molecule has 1 heterocycles. The first kappa shape index (κ1) is 17.2. The predicted molar refractivity (Wildman–Crippen MR) is 103 cm³/mol. The van der Waals surface area contributed by atoms with Gasteiger partial charge in [-0.15, -0.1) is 0 Å². The molecule has 3 rings (SSSR count). The fraction of sp³-hybridized carbons (Fsp3) is 0.278. The third kappa shape index (κ3) is 4.67. The van der Waals surface area contributed by atoms with Crippen LogP contribution < -0.4 is 10.2 Å². The van der Waals surface area contributed by atoms with E-state index in [-0.39, 0.29) is 11.7 Å². The highest BCUT2D eigenvalue weighted by Crippen LogP contribution is 2.17. The number of carbonyl (C=O) groups is 1. The molecule has 1 amide bonds. The van der Waals surface area contributed by atoms with E-state index in [1.807, 2.05) is 24.3 Å². The molecule has 0 unspecified atom stereocenters. The second-order valence-corrected chi connectivity index (χ2v) is 7.04. The molecule has 1 aliphatic rings. The van der Waals surface area contributed by atoms with Crippen molar-refractivity contribution in [2.45, 2.75) is 0 Å². The van der Waals surface area contributed by atoms with Gasteiger partial charge in [0.2, 0.25) is 5.91 Å². The Morgan fingerprint density at radius 2 is 1.62 bits per heavy atom. The second kappa shape index (κ2) is 7.94. The minimum Gasteiger partial charge on any atom is -0.369 e. The molecular formula is C18H19FIN3O. The predicted octanol–water partition coefficient (Wildman–Crippen LogP) is 3.19. The van der Waals surface area contributed by atoms with Crippen molar-refractivity contribution in [3.05, 3.63) is 57.9 Å². The Morgan fingerprint density at radius 3 is 2.25 bits per heavy atom. The molecule has 1 saturated heterocycles. The van der Waals surface area contributed by atoms with E-state index in [0.29, 0.717) is 6.54 Å². The van der Waals surface area contributed by atoms with E-state index in [1.165, 1.54) is 12.1 Å². The molecule has 0 radical (unpaired) electrons. The van der Waals surface area contributed by atoms with Crippen molar-refractivity contribution in [3.8, 4) is 0 Å². The molecule has 2 aromatic rings. The first-order valence-corrected chi connectivity index (χ1v) is 8.96. The number of halogens is 2. The number of carbonyl (C=O) groups excluding carboxylic acids is 1. The number of benzene rings is 2. The zero-order valence-corrected chi connectivity index (χ0v) is 15.4. The van der Waals surface area contributed by atoms with Gasteiger partial charge >= 0.3 is 0 Å². The number of anilines is 2. The molecule has 0 spiro atoms. The lowest BCUT2D eigenvalue weighted by Gasteiger charge is -2.35. The van der Waals surface area contributed by atoms with E-state index < -0.39 is 0 Å². The maximum Gasteiger partial charge on any atom is 0.238 e. The Bertz CT molecular complexity index is 682. The van der Waals surface area contributed by atoms with E-state index in [0.717, 1.165) is 41.1 Å². The van der Waals surface area contributed by atoms with Crippen LogP contribution >= 0.6 is 22.6 Å². The van der Waals surface area contributed by atoms with Crippen molar-refractivity contribution in [2.75, 3.05) is 42.9 Å². The van der Waals surface area contributed by atoms with Gasteiger partial charge in [-0.05, 0) is 71.1 Å². The summed E-state index contributed by atoms with van der Waals surface area (Å²) in [6, 6.07) is 14.3. The molecule has 0 atom stereocenters. The largest absolute Gasteiger partial charge is 0.369 e. The Balaban J connectivity index is 1.47. The Labute approximate surface area is 154 Å². The summed E-state index contributed by atoms with van der Waals surface area (Å²) in [6.45, 7) is 3.70. The molecule has 6 heteroatoms. The van der Waals surface area contributed by atoms with Gasteiger partial charge in [-0.3, -0.25) is 9.69 Å². The van der Waals surface area contributed by atoms with Crippen LogP contribution in [0.4, 0.5) is 15.8 Å². The number of hydrogen-bond donors (Lipinski definition) is 1.